The van der Waals surface area contributed by atoms with Crippen LogP contribution in [0.2, 0.25) is 0 Å². The molecular weight excluding hydrogens is 392 g/mol. The van der Waals surface area contributed by atoms with E-state index in [4.69, 9.17) is 0 Å². The van der Waals surface area contributed by atoms with Crippen LogP contribution in [0, 0.1) is 5.92 Å². The van der Waals surface area contributed by atoms with Crippen molar-refractivity contribution in [3.8, 4) is 0 Å². The van der Waals surface area contributed by atoms with Crippen LogP contribution in [-0.2, 0) is 16.6 Å². The second-order valence-electron chi connectivity index (χ2n) is 7.76. The van der Waals surface area contributed by atoms with Gasteiger partial charge in [-0.3, -0.25) is 19.3 Å². The molecule has 2 atom stereocenters. The number of carbonyl (C=O) groups excluding carboxylic acids is 1. The number of nitrogens with one attached hydrogen (secondary N) is 1. The topological polar surface area (TPSA) is 101 Å². The first-order chi connectivity index (χ1) is 13.9. The van der Waals surface area contributed by atoms with Gasteiger partial charge in [-0.05, 0) is 43.0 Å². The van der Waals surface area contributed by atoms with E-state index in [9.17, 15) is 18.0 Å². The van der Waals surface area contributed by atoms with Crippen LogP contribution in [0.1, 0.15) is 41.7 Å². The van der Waals surface area contributed by atoms with Crippen molar-refractivity contribution in [1.29, 1.82) is 0 Å². The molecule has 1 fully saturated rings. The van der Waals surface area contributed by atoms with Crippen molar-refractivity contribution in [2.24, 2.45) is 5.92 Å². The predicted octanol–water partition coefficient (Wildman–Crippen LogP) is 1.65. The number of pyridine rings is 2. The number of hydrogen-bond donors (Lipinski definition) is 1. The molecule has 0 aliphatic carbocycles. The summed E-state index contributed by atoms with van der Waals surface area (Å²) in [4.78, 5) is 31.6. The smallest absolute Gasteiger partial charge is 0.275 e. The lowest BCUT2D eigenvalue weighted by molar-refractivity contribution is 0.0594. The number of sulfonamides is 1. The summed E-state index contributed by atoms with van der Waals surface area (Å²) in [6, 6.07) is 6.86. The fourth-order valence-corrected chi connectivity index (χ4v) is 5.48. The zero-order valence-corrected chi connectivity index (χ0v) is 17.1. The molecule has 2 aromatic heterocycles. The lowest BCUT2D eigenvalue weighted by atomic mass is 9.83. The highest BCUT2D eigenvalue weighted by Crippen LogP contribution is 2.36. The molecule has 0 aromatic carbocycles. The van der Waals surface area contributed by atoms with Gasteiger partial charge in [0.1, 0.15) is 5.69 Å². The second-order valence-corrected chi connectivity index (χ2v) is 9.60. The fraction of sp³-hybridized carbons (Fsp3) is 0.450. The average Bonchev–Trinajstić information content (AvgIpc) is 2.70. The number of amides is 1. The molecule has 4 heterocycles. The third-order valence-electron chi connectivity index (χ3n) is 5.54. The third kappa shape index (κ3) is 3.91. The molecule has 0 radical (unpaired) electrons. The van der Waals surface area contributed by atoms with Gasteiger partial charge in [-0.25, -0.2) is 8.42 Å². The number of nitrogens with zero attached hydrogens (tertiary/aromatic N) is 3. The van der Waals surface area contributed by atoms with Crippen molar-refractivity contribution in [2.45, 2.75) is 32.2 Å². The van der Waals surface area contributed by atoms with E-state index in [1.165, 1.54) is 0 Å². The lowest BCUT2D eigenvalue weighted by Gasteiger charge is -2.42. The highest BCUT2D eigenvalue weighted by Gasteiger charge is 2.37. The van der Waals surface area contributed by atoms with Crippen molar-refractivity contribution in [1.82, 2.24) is 14.5 Å². The van der Waals surface area contributed by atoms with Gasteiger partial charge in [0.05, 0.1) is 11.3 Å². The quantitative estimate of drug-likeness (QED) is 0.799. The summed E-state index contributed by atoms with van der Waals surface area (Å²) in [5.41, 5.74) is 1.19. The van der Waals surface area contributed by atoms with Crippen LogP contribution in [0.15, 0.2) is 41.5 Å². The van der Waals surface area contributed by atoms with E-state index in [0.717, 1.165) is 12.1 Å². The highest BCUT2D eigenvalue weighted by molar-refractivity contribution is 7.92. The molecule has 29 heavy (non-hydrogen) atoms. The third-order valence-corrected chi connectivity index (χ3v) is 7.01. The van der Waals surface area contributed by atoms with Crippen LogP contribution in [0.4, 0.5) is 5.69 Å². The minimum Gasteiger partial charge on any atom is -0.338 e. The minimum absolute atomic E-state index is 0.0230. The summed E-state index contributed by atoms with van der Waals surface area (Å²) >= 11 is 0. The molecule has 2 aliphatic rings. The first-order valence-electron chi connectivity index (χ1n) is 9.81. The van der Waals surface area contributed by atoms with Crippen molar-refractivity contribution in [3.63, 3.8) is 0 Å². The Morgan fingerprint density at radius 1 is 1.24 bits per heavy atom. The van der Waals surface area contributed by atoms with Crippen molar-refractivity contribution >= 4 is 21.6 Å². The number of anilines is 1. The van der Waals surface area contributed by atoms with E-state index in [0.29, 0.717) is 31.6 Å². The molecule has 2 aliphatic heterocycles. The maximum atomic E-state index is 12.9. The number of aromatic nitrogens is 2. The van der Waals surface area contributed by atoms with Crippen LogP contribution >= 0.6 is 0 Å². The Morgan fingerprint density at radius 3 is 2.79 bits per heavy atom. The van der Waals surface area contributed by atoms with E-state index in [-0.39, 0.29) is 34.7 Å². The molecule has 2 bridgehead atoms. The lowest BCUT2D eigenvalue weighted by Crippen LogP contribution is -2.49. The Balaban J connectivity index is 1.59. The predicted molar refractivity (Wildman–Crippen MR) is 109 cm³/mol. The van der Waals surface area contributed by atoms with E-state index in [2.05, 4.69) is 9.71 Å². The van der Waals surface area contributed by atoms with E-state index < -0.39 is 10.0 Å². The first kappa shape index (κ1) is 19.6. The highest BCUT2D eigenvalue weighted by atomic mass is 32.2. The number of hydrogen-bond acceptors (Lipinski definition) is 5. The molecule has 2 aromatic rings. The number of likely N-dealkylation sites (tertiary alicyclic amines) is 1. The van der Waals surface area contributed by atoms with Gasteiger partial charge >= 0.3 is 0 Å². The Kier molecular flexibility index (Phi) is 5.16. The monoisotopic (exact) mass is 416 g/mol. The van der Waals surface area contributed by atoms with Crippen molar-refractivity contribution in [2.75, 3.05) is 23.6 Å². The van der Waals surface area contributed by atoms with Gasteiger partial charge in [0.2, 0.25) is 10.0 Å². The largest absolute Gasteiger partial charge is 0.338 e. The van der Waals surface area contributed by atoms with Crippen LogP contribution in [-0.4, -0.2) is 47.6 Å². The summed E-state index contributed by atoms with van der Waals surface area (Å²) in [6.07, 6.45) is 4.60. The Hall–Kier alpha value is -2.68. The molecule has 8 nitrogen and oxygen atoms in total. The summed E-state index contributed by atoms with van der Waals surface area (Å²) in [5.74, 6) is 0.136. The summed E-state index contributed by atoms with van der Waals surface area (Å²) in [7, 11) is -3.53. The summed E-state index contributed by atoms with van der Waals surface area (Å²) in [6.45, 7) is 3.36. The average molecular weight is 417 g/mol. The van der Waals surface area contributed by atoms with Crippen LogP contribution in [0.5, 0.6) is 0 Å². The number of rotatable bonds is 5. The van der Waals surface area contributed by atoms with Gasteiger partial charge in [-0.1, -0.05) is 6.92 Å². The van der Waals surface area contributed by atoms with Gasteiger partial charge in [-0.2, -0.15) is 0 Å². The summed E-state index contributed by atoms with van der Waals surface area (Å²) < 4.78 is 28.2. The Morgan fingerprint density at radius 2 is 2.07 bits per heavy atom. The number of piperidine rings is 1. The van der Waals surface area contributed by atoms with Crippen LogP contribution in [0.3, 0.4) is 0 Å². The van der Waals surface area contributed by atoms with Crippen molar-refractivity contribution in [3.05, 3.63) is 58.3 Å². The first-order valence-corrected chi connectivity index (χ1v) is 11.5. The van der Waals surface area contributed by atoms with E-state index >= 15 is 0 Å². The SMILES string of the molecule is CCCS(=O)(=O)Nc1ccc2n(c1=O)CC1CC2CN(C(=O)c2cccnc2)C1. The minimum atomic E-state index is -3.53. The van der Waals surface area contributed by atoms with E-state index in [1.807, 2.05) is 11.0 Å². The Bertz CT molecular complexity index is 1080. The molecule has 0 saturated carbocycles. The van der Waals surface area contributed by atoms with Crippen molar-refractivity contribution < 1.29 is 13.2 Å². The Labute approximate surface area is 169 Å². The second kappa shape index (κ2) is 7.62. The van der Waals surface area contributed by atoms with Gasteiger partial charge in [-0.15, -0.1) is 0 Å². The molecule has 1 amide bonds. The molecule has 154 valence electrons. The van der Waals surface area contributed by atoms with Gasteiger partial charge in [0.25, 0.3) is 11.5 Å². The van der Waals surface area contributed by atoms with Gasteiger partial charge < -0.3 is 9.47 Å². The maximum Gasteiger partial charge on any atom is 0.275 e. The molecule has 0 spiro atoms. The summed E-state index contributed by atoms with van der Waals surface area (Å²) in [5, 5.41) is 0. The van der Waals surface area contributed by atoms with Gasteiger partial charge in [0.15, 0.2) is 0 Å². The van der Waals surface area contributed by atoms with Crippen LogP contribution < -0.4 is 10.3 Å². The van der Waals surface area contributed by atoms with Gasteiger partial charge in [0, 0.05) is 43.6 Å². The molecule has 4 rings (SSSR count). The number of carbonyl (C=O) groups is 1. The number of fused-ring (bicyclic) bond motifs is 4. The zero-order chi connectivity index (χ0) is 20.6. The molecule has 1 N–H and O–H groups in total. The zero-order valence-electron chi connectivity index (χ0n) is 16.2. The molecule has 9 heteroatoms. The molecule has 2 unspecified atom stereocenters. The van der Waals surface area contributed by atoms with E-state index in [1.54, 1.807) is 42.1 Å². The maximum absolute atomic E-state index is 12.9. The molecule has 1 saturated heterocycles. The fourth-order valence-electron chi connectivity index (χ4n) is 4.35. The molecular formula is C20H24N4O4S. The normalized spacial score (nSPS) is 20.8. The van der Waals surface area contributed by atoms with Crippen LogP contribution in [0.25, 0.3) is 0 Å². The standard InChI is InChI=1S/C20H24N4O4S/c1-2-8-29(27,28)22-17-5-6-18-16-9-14(12-24(18)20(17)26)11-23(13-16)19(25)15-4-3-7-21-10-15/h3-7,10,14,16,22H,2,8-9,11-13H2,1H3.